The summed E-state index contributed by atoms with van der Waals surface area (Å²) in [7, 11) is 0. The molecule has 4 aromatic rings. The van der Waals surface area contributed by atoms with Gasteiger partial charge in [-0.15, -0.1) is 10.2 Å². The first-order valence-corrected chi connectivity index (χ1v) is 26.8. The topological polar surface area (TPSA) is 132 Å². The van der Waals surface area contributed by atoms with Gasteiger partial charge in [-0.05, 0) is 75.4 Å². The van der Waals surface area contributed by atoms with Gasteiger partial charge in [0.15, 0.2) is 11.5 Å². The number of unbranched alkanes of at least 4 members (excludes halogenated alkanes) is 23. The van der Waals surface area contributed by atoms with Gasteiger partial charge in [0.05, 0.1) is 42.2 Å². The molecule has 2 heterocycles. The van der Waals surface area contributed by atoms with Gasteiger partial charge >= 0.3 is 11.9 Å². The lowest BCUT2D eigenvalue weighted by Crippen LogP contribution is -2.31. The van der Waals surface area contributed by atoms with Crippen molar-refractivity contribution in [2.75, 3.05) is 30.5 Å². The number of fused-ring (bicyclic) bond motifs is 1. The molecule has 0 aliphatic rings. The summed E-state index contributed by atoms with van der Waals surface area (Å²) in [6, 6.07) is 13.1. The number of hydrogen-bond donors (Lipinski definition) is 3. The Bertz CT molecular complexity index is 1930. The minimum absolute atomic E-state index is 0.309. The highest BCUT2D eigenvalue weighted by molar-refractivity contribution is 5.97. The predicted octanol–water partition coefficient (Wildman–Crippen LogP) is 16.2. The number of rotatable bonds is 38. The van der Waals surface area contributed by atoms with Gasteiger partial charge < -0.3 is 24.8 Å². The zero-order valence-electron chi connectivity index (χ0n) is 43.0. The van der Waals surface area contributed by atoms with Crippen molar-refractivity contribution in [3.05, 3.63) is 65.1 Å². The number of esters is 2. The third-order valence-electron chi connectivity index (χ3n) is 12.7. The first-order valence-electron chi connectivity index (χ1n) is 26.8. The number of ether oxygens (including phenoxy) is 3. The second kappa shape index (κ2) is 31.5. The van der Waals surface area contributed by atoms with Gasteiger partial charge in [0.25, 0.3) is 0 Å². The maximum atomic E-state index is 13.6. The fraction of sp³-hybridized carbons (Fsp3) is 0.679. The summed E-state index contributed by atoms with van der Waals surface area (Å²) < 4.78 is 20.0. The maximum Gasteiger partial charge on any atom is 0.338 e. The van der Waals surface area contributed by atoms with Gasteiger partial charge in [-0.25, -0.2) is 14.1 Å². The van der Waals surface area contributed by atoms with E-state index in [0.29, 0.717) is 42.6 Å². The molecule has 374 valence electrons. The lowest BCUT2D eigenvalue weighted by molar-refractivity contribution is 0.0496. The van der Waals surface area contributed by atoms with E-state index in [4.69, 9.17) is 14.2 Å². The quantitative estimate of drug-likeness (QED) is 0.0297. The molecule has 0 aliphatic carbocycles. The highest BCUT2D eigenvalue weighted by Crippen LogP contribution is 2.35. The van der Waals surface area contributed by atoms with Crippen molar-refractivity contribution in [3.63, 3.8) is 0 Å². The van der Waals surface area contributed by atoms with Crippen LogP contribution in [0.1, 0.15) is 254 Å². The van der Waals surface area contributed by atoms with Crippen LogP contribution in [0.4, 0.5) is 17.1 Å². The Morgan fingerprint density at radius 2 is 1.04 bits per heavy atom. The van der Waals surface area contributed by atoms with E-state index in [1.807, 2.05) is 28.8 Å². The number of aromatic nitrogens is 4. The summed E-state index contributed by atoms with van der Waals surface area (Å²) in [6.45, 7) is 16.5. The van der Waals surface area contributed by atoms with Crippen LogP contribution in [0.5, 0.6) is 5.75 Å². The Morgan fingerprint density at radius 3 is 1.52 bits per heavy atom. The second-order valence-electron chi connectivity index (χ2n) is 19.7. The highest BCUT2D eigenvalue weighted by Gasteiger charge is 2.29. The van der Waals surface area contributed by atoms with E-state index in [0.717, 1.165) is 85.7 Å². The number of aromatic amines is 1. The lowest BCUT2D eigenvalue weighted by atomic mass is 10.0. The van der Waals surface area contributed by atoms with Crippen molar-refractivity contribution < 1.29 is 23.8 Å². The average Bonchev–Trinajstić information content (AvgIpc) is 3.92. The van der Waals surface area contributed by atoms with Gasteiger partial charge in [-0.3, -0.25) is 5.10 Å². The fourth-order valence-electron chi connectivity index (χ4n) is 8.57. The van der Waals surface area contributed by atoms with Crippen LogP contribution in [-0.2, 0) is 15.0 Å². The van der Waals surface area contributed by atoms with Crippen LogP contribution < -0.4 is 15.4 Å². The Kier molecular flexibility index (Phi) is 25.9. The summed E-state index contributed by atoms with van der Waals surface area (Å²) in [5, 5.41) is 19.8. The third-order valence-corrected chi connectivity index (χ3v) is 12.7. The van der Waals surface area contributed by atoms with E-state index in [1.165, 1.54) is 116 Å². The van der Waals surface area contributed by atoms with Gasteiger partial charge in [0.1, 0.15) is 5.75 Å². The van der Waals surface area contributed by atoms with Crippen molar-refractivity contribution >= 4 is 34.6 Å². The first kappa shape index (κ1) is 55.1. The Labute approximate surface area is 405 Å². The average molecular weight is 927 g/mol. The standard InChI is InChI=1S/C56H90N6O5/c1-8-11-14-17-20-22-24-26-29-32-37-66-53(63)45-39-46(54(64)67-38-33-30-27-25-23-21-18-15-12-9-2)41-48(40-45)57-47-34-35-51(65-36-31-28-19-16-13-10-3)50(42-47)58-56(6,7)55-60-59-52-43-49(44(4)5)61-62(52)55/h34-35,39-44,57-58,61H,8-33,36-38H2,1-7H3. The van der Waals surface area contributed by atoms with Crippen molar-refractivity contribution in [2.24, 2.45) is 0 Å². The van der Waals surface area contributed by atoms with E-state index in [2.05, 4.69) is 74.4 Å². The van der Waals surface area contributed by atoms with Crippen molar-refractivity contribution in [2.45, 2.75) is 227 Å². The fourth-order valence-corrected chi connectivity index (χ4v) is 8.57. The SMILES string of the molecule is CCCCCCCCCCCCOC(=O)c1cc(Nc2ccc(OCCCCCCCC)c(NC(C)(C)c3nnc4cc(C(C)C)[nH]n34)c2)cc(C(=O)OCCCCCCCCCCCC)c1. The number of hydrogen-bond acceptors (Lipinski definition) is 9. The molecular formula is C56H90N6O5. The molecule has 0 bridgehead atoms. The summed E-state index contributed by atoms with van der Waals surface area (Å²) in [6.07, 6.45) is 31.1. The Balaban J connectivity index is 1.49. The smallest absolute Gasteiger partial charge is 0.338 e. The van der Waals surface area contributed by atoms with Crippen LogP contribution in [-0.4, -0.2) is 51.6 Å². The largest absolute Gasteiger partial charge is 0.491 e. The second-order valence-corrected chi connectivity index (χ2v) is 19.7. The van der Waals surface area contributed by atoms with E-state index >= 15 is 0 Å². The van der Waals surface area contributed by atoms with Gasteiger partial charge in [0.2, 0.25) is 0 Å². The monoisotopic (exact) mass is 927 g/mol. The Morgan fingerprint density at radius 1 is 0.582 bits per heavy atom. The zero-order valence-corrected chi connectivity index (χ0v) is 43.0. The Hall–Kier alpha value is -4.54. The zero-order chi connectivity index (χ0) is 48.1. The number of nitrogens with zero attached hydrogens (tertiary/aromatic N) is 3. The van der Waals surface area contributed by atoms with E-state index in [-0.39, 0.29) is 0 Å². The lowest BCUT2D eigenvalue weighted by Gasteiger charge is -2.27. The molecule has 3 N–H and O–H groups in total. The van der Waals surface area contributed by atoms with Crippen LogP contribution in [0.15, 0.2) is 42.5 Å². The van der Waals surface area contributed by atoms with Gasteiger partial charge in [0, 0.05) is 23.1 Å². The number of carbonyl (C=O) groups is 2. The molecule has 67 heavy (non-hydrogen) atoms. The molecule has 0 atom stereocenters. The molecule has 0 radical (unpaired) electrons. The molecule has 0 fully saturated rings. The summed E-state index contributed by atoms with van der Waals surface area (Å²) in [5.41, 5.74) is 3.91. The molecule has 11 nitrogen and oxygen atoms in total. The van der Waals surface area contributed by atoms with Crippen LogP contribution in [0.3, 0.4) is 0 Å². The molecule has 0 aliphatic heterocycles. The summed E-state index contributed by atoms with van der Waals surface area (Å²) in [4.78, 5) is 27.2. The normalized spacial score (nSPS) is 11.7. The molecule has 0 saturated heterocycles. The van der Waals surface area contributed by atoms with E-state index in [9.17, 15) is 9.59 Å². The van der Waals surface area contributed by atoms with Crippen molar-refractivity contribution in [1.82, 2.24) is 19.8 Å². The first-order chi connectivity index (χ1) is 32.6. The predicted molar refractivity (Wildman–Crippen MR) is 277 cm³/mol. The molecule has 11 heteroatoms. The van der Waals surface area contributed by atoms with Crippen LogP contribution in [0, 0.1) is 0 Å². The summed E-state index contributed by atoms with van der Waals surface area (Å²) in [5.74, 6) is 0.875. The van der Waals surface area contributed by atoms with Crippen LogP contribution in [0.25, 0.3) is 5.65 Å². The van der Waals surface area contributed by atoms with Gasteiger partial charge in [-0.1, -0.05) is 182 Å². The molecule has 0 spiro atoms. The summed E-state index contributed by atoms with van der Waals surface area (Å²) >= 11 is 0. The van der Waals surface area contributed by atoms with Crippen molar-refractivity contribution in [1.29, 1.82) is 0 Å². The molecule has 0 saturated carbocycles. The van der Waals surface area contributed by atoms with Crippen LogP contribution in [0.2, 0.25) is 0 Å². The molecule has 0 unspecified atom stereocenters. The maximum absolute atomic E-state index is 13.6. The number of benzene rings is 2. The number of nitrogens with one attached hydrogen (secondary N) is 3. The number of anilines is 3. The number of carbonyl (C=O) groups excluding carboxylic acids is 2. The van der Waals surface area contributed by atoms with Crippen LogP contribution >= 0.6 is 0 Å². The number of H-pyrrole nitrogens is 1. The molecule has 0 amide bonds. The minimum atomic E-state index is -0.668. The molecular weight excluding hydrogens is 837 g/mol. The van der Waals surface area contributed by atoms with E-state index in [1.54, 1.807) is 18.2 Å². The molecule has 2 aromatic carbocycles. The minimum Gasteiger partial charge on any atom is -0.491 e. The third kappa shape index (κ3) is 20.3. The van der Waals surface area contributed by atoms with Gasteiger partial charge in [-0.2, -0.15) is 0 Å². The van der Waals surface area contributed by atoms with Crippen molar-refractivity contribution in [3.8, 4) is 5.75 Å². The highest BCUT2D eigenvalue weighted by atomic mass is 16.5. The molecule has 2 aromatic heterocycles. The van der Waals surface area contributed by atoms with E-state index < -0.39 is 17.5 Å². The molecule has 4 rings (SSSR count).